The van der Waals surface area contributed by atoms with Crippen LogP contribution in [0.15, 0.2) is 0 Å². The molecule has 4 heteroatoms. The van der Waals surface area contributed by atoms with Crippen LogP contribution in [0.25, 0.3) is 0 Å². The summed E-state index contributed by atoms with van der Waals surface area (Å²) in [6.45, 7) is 4.17. The van der Waals surface area contributed by atoms with Crippen LogP contribution in [-0.2, 0) is 4.79 Å². The van der Waals surface area contributed by atoms with Crippen molar-refractivity contribution < 1.29 is 9.59 Å². The Labute approximate surface area is 90.8 Å². The Morgan fingerprint density at radius 3 is 1.93 bits per heavy atom. The van der Waals surface area contributed by atoms with Gasteiger partial charge in [-0.25, -0.2) is 4.79 Å². The fourth-order valence-corrected chi connectivity index (χ4v) is 1.96. The zero-order valence-corrected chi connectivity index (χ0v) is 9.56. The number of rotatable bonds is 6. The SMILES string of the molecule is CCCCC1(CCCC)NC(=O)NC1=O. The fourth-order valence-electron chi connectivity index (χ4n) is 1.96. The molecule has 2 N–H and O–H groups in total. The normalized spacial score (nSPS) is 18.8. The fraction of sp³-hybridized carbons (Fsp3) is 0.818. The molecule has 0 saturated carbocycles. The summed E-state index contributed by atoms with van der Waals surface area (Å²) in [5, 5.41) is 5.12. The Morgan fingerprint density at radius 2 is 1.60 bits per heavy atom. The maximum absolute atomic E-state index is 11.7. The Balaban J connectivity index is 2.67. The van der Waals surface area contributed by atoms with Gasteiger partial charge in [-0.3, -0.25) is 10.1 Å². The zero-order chi connectivity index (χ0) is 11.3. The summed E-state index contributed by atoms with van der Waals surface area (Å²) in [5.41, 5.74) is -0.622. The Morgan fingerprint density at radius 1 is 1.07 bits per heavy atom. The number of carbonyl (C=O) groups is 2. The standard InChI is InChI=1S/C11H20N2O2/c1-3-5-7-11(8-6-4-2)9(14)12-10(15)13-11/h3-8H2,1-2H3,(H2,12,13,14,15). The molecule has 1 fully saturated rings. The van der Waals surface area contributed by atoms with E-state index in [2.05, 4.69) is 24.5 Å². The van der Waals surface area contributed by atoms with Crippen LogP contribution in [0.3, 0.4) is 0 Å². The van der Waals surface area contributed by atoms with Crippen molar-refractivity contribution in [3.63, 3.8) is 0 Å². The van der Waals surface area contributed by atoms with E-state index in [1.54, 1.807) is 0 Å². The first-order valence-electron chi connectivity index (χ1n) is 5.78. The quantitative estimate of drug-likeness (QED) is 0.661. The summed E-state index contributed by atoms with van der Waals surface area (Å²) >= 11 is 0. The van der Waals surface area contributed by atoms with Crippen LogP contribution in [0.5, 0.6) is 0 Å². The molecule has 0 aliphatic carbocycles. The smallest absolute Gasteiger partial charge is 0.322 e. The lowest BCUT2D eigenvalue weighted by atomic mass is 9.87. The molecule has 4 nitrogen and oxygen atoms in total. The third-order valence-corrected chi connectivity index (χ3v) is 2.93. The topological polar surface area (TPSA) is 58.2 Å². The van der Waals surface area contributed by atoms with Gasteiger partial charge in [0.1, 0.15) is 5.54 Å². The minimum atomic E-state index is -0.622. The molecule has 15 heavy (non-hydrogen) atoms. The Bertz CT molecular complexity index is 243. The molecule has 0 unspecified atom stereocenters. The van der Waals surface area contributed by atoms with Crippen LogP contribution in [0.1, 0.15) is 52.4 Å². The van der Waals surface area contributed by atoms with Crippen LogP contribution < -0.4 is 10.6 Å². The molecule has 0 bridgehead atoms. The van der Waals surface area contributed by atoms with E-state index in [0.29, 0.717) is 0 Å². The number of amides is 3. The number of unbranched alkanes of at least 4 members (excludes halogenated alkanes) is 2. The molecular formula is C11H20N2O2. The van der Waals surface area contributed by atoms with Gasteiger partial charge in [0.15, 0.2) is 0 Å². The van der Waals surface area contributed by atoms with E-state index in [4.69, 9.17) is 0 Å². The van der Waals surface area contributed by atoms with Gasteiger partial charge in [-0.2, -0.15) is 0 Å². The van der Waals surface area contributed by atoms with Crippen molar-refractivity contribution >= 4 is 11.9 Å². The molecule has 0 aromatic rings. The lowest BCUT2D eigenvalue weighted by Crippen LogP contribution is -2.46. The van der Waals surface area contributed by atoms with Crippen LogP contribution >= 0.6 is 0 Å². The van der Waals surface area contributed by atoms with Gasteiger partial charge in [-0.1, -0.05) is 39.5 Å². The van der Waals surface area contributed by atoms with Crippen LogP contribution in [0.4, 0.5) is 4.79 Å². The van der Waals surface area contributed by atoms with Gasteiger partial charge in [-0.15, -0.1) is 0 Å². The van der Waals surface area contributed by atoms with Crippen molar-refractivity contribution in [1.29, 1.82) is 0 Å². The molecule has 1 rings (SSSR count). The number of imide groups is 1. The summed E-state index contributed by atoms with van der Waals surface area (Å²) in [4.78, 5) is 22.9. The summed E-state index contributed by atoms with van der Waals surface area (Å²) < 4.78 is 0. The Hall–Kier alpha value is -1.06. The molecule has 1 heterocycles. The van der Waals surface area contributed by atoms with Gasteiger partial charge in [0, 0.05) is 0 Å². The van der Waals surface area contributed by atoms with Gasteiger partial charge < -0.3 is 5.32 Å². The van der Waals surface area contributed by atoms with Gasteiger partial charge >= 0.3 is 6.03 Å². The zero-order valence-electron chi connectivity index (χ0n) is 9.56. The molecule has 1 aliphatic rings. The average Bonchev–Trinajstić information content (AvgIpc) is 2.48. The predicted octanol–water partition coefficient (Wildman–Crippen LogP) is 1.94. The molecule has 0 aromatic carbocycles. The molecule has 0 atom stereocenters. The predicted molar refractivity (Wildman–Crippen MR) is 58.5 cm³/mol. The monoisotopic (exact) mass is 212 g/mol. The molecule has 86 valence electrons. The molecule has 1 saturated heterocycles. The number of carbonyl (C=O) groups excluding carboxylic acids is 2. The van der Waals surface area contributed by atoms with Gasteiger partial charge in [0.2, 0.25) is 0 Å². The molecule has 0 aromatic heterocycles. The summed E-state index contributed by atoms with van der Waals surface area (Å²) in [7, 11) is 0. The third-order valence-electron chi connectivity index (χ3n) is 2.93. The van der Waals surface area contributed by atoms with Gasteiger partial charge in [-0.05, 0) is 12.8 Å². The molecule has 0 radical (unpaired) electrons. The second-order valence-corrected chi connectivity index (χ2v) is 4.20. The maximum Gasteiger partial charge on any atom is 0.322 e. The first kappa shape index (κ1) is 12.0. The second-order valence-electron chi connectivity index (χ2n) is 4.20. The molecule has 0 spiro atoms. The van der Waals surface area contributed by atoms with Crippen LogP contribution in [0.2, 0.25) is 0 Å². The maximum atomic E-state index is 11.7. The largest absolute Gasteiger partial charge is 0.323 e. The lowest BCUT2D eigenvalue weighted by molar-refractivity contribution is -0.124. The van der Waals surface area contributed by atoms with Crippen molar-refractivity contribution in [1.82, 2.24) is 10.6 Å². The Kier molecular flexibility index (Phi) is 4.12. The van der Waals surface area contributed by atoms with E-state index in [-0.39, 0.29) is 11.9 Å². The van der Waals surface area contributed by atoms with Crippen molar-refractivity contribution in [2.24, 2.45) is 0 Å². The lowest BCUT2D eigenvalue weighted by Gasteiger charge is -2.25. The summed E-state index contributed by atoms with van der Waals surface area (Å²) in [6.07, 6.45) is 5.52. The number of urea groups is 1. The number of nitrogens with one attached hydrogen (secondary N) is 2. The van der Waals surface area contributed by atoms with Crippen LogP contribution in [0, 0.1) is 0 Å². The van der Waals surface area contributed by atoms with E-state index >= 15 is 0 Å². The summed E-state index contributed by atoms with van der Waals surface area (Å²) in [6, 6.07) is -0.341. The number of hydrogen-bond donors (Lipinski definition) is 2. The van der Waals surface area contributed by atoms with Gasteiger partial charge in [0.25, 0.3) is 5.91 Å². The van der Waals surface area contributed by atoms with Crippen molar-refractivity contribution in [2.45, 2.75) is 57.9 Å². The van der Waals surface area contributed by atoms with Gasteiger partial charge in [0.05, 0.1) is 0 Å². The highest BCUT2D eigenvalue weighted by atomic mass is 16.2. The van der Waals surface area contributed by atoms with Crippen LogP contribution in [-0.4, -0.2) is 17.5 Å². The third kappa shape index (κ3) is 2.70. The van der Waals surface area contributed by atoms with E-state index in [1.807, 2.05) is 0 Å². The summed E-state index contributed by atoms with van der Waals surface area (Å²) in [5.74, 6) is -0.144. The van der Waals surface area contributed by atoms with E-state index in [0.717, 1.165) is 38.5 Å². The number of hydrogen-bond acceptors (Lipinski definition) is 2. The first-order valence-corrected chi connectivity index (χ1v) is 5.78. The minimum Gasteiger partial charge on any atom is -0.323 e. The van der Waals surface area contributed by atoms with E-state index < -0.39 is 5.54 Å². The highest BCUT2D eigenvalue weighted by Crippen LogP contribution is 2.24. The highest BCUT2D eigenvalue weighted by molar-refractivity contribution is 6.06. The van der Waals surface area contributed by atoms with Crippen molar-refractivity contribution in [3.05, 3.63) is 0 Å². The van der Waals surface area contributed by atoms with Crippen molar-refractivity contribution in [2.75, 3.05) is 0 Å². The molecular weight excluding hydrogens is 192 g/mol. The second kappa shape index (κ2) is 5.14. The molecule has 1 aliphatic heterocycles. The minimum absolute atomic E-state index is 0.144. The highest BCUT2D eigenvalue weighted by Gasteiger charge is 2.44. The average molecular weight is 212 g/mol. The molecule has 3 amide bonds. The first-order chi connectivity index (χ1) is 7.14. The van der Waals surface area contributed by atoms with E-state index in [1.165, 1.54) is 0 Å². The van der Waals surface area contributed by atoms with E-state index in [9.17, 15) is 9.59 Å². The van der Waals surface area contributed by atoms with Crippen molar-refractivity contribution in [3.8, 4) is 0 Å².